The summed E-state index contributed by atoms with van der Waals surface area (Å²) in [7, 11) is 0. The summed E-state index contributed by atoms with van der Waals surface area (Å²) in [6.07, 6.45) is 13.5. The maximum atomic E-state index is 9.32. The molecule has 1 aliphatic carbocycles. The molecule has 138 valence electrons. The van der Waals surface area contributed by atoms with E-state index in [0.29, 0.717) is 11.1 Å². The summed E-state index contributed by atoms with van der Waals surface area (Å²) < 4.78 is 0. The molecule has 26 heavy (non-hydrogen) atoms. The molecule has 0 aromatic carbocycles. The number of nitriles is 1. The van der Waals surface area contributed by atoms with Gasteiger partial charge in [0.1, 0.15) is 11.7 Å². The lowest BCUT2D eigenvalue weighted by molar-refractivity contribution is 0.258. The van der Waals surface area contributed by atoms with Crippen LogP contribution in [0.1, 0.15) is 51.4 Å². The monoisotopic (exact) mass is 371 g/mol. The number of aromatic nitrogens is 1. The van der Waals surface area contributed by atoms with Gasteiger partial charge in [-0.3, -0.25) is 0 Å². The highest BCUT2D eigenvalue weighted by Crippen LogP contribution is 2.45. The highest BCUT2D eigenvalue weighted by atomic mass is 35.5. The number of anilines is 1. The van der Waals surface area contributed by atoms with Crippen molar-refractivity contribution in [1.82, 2.24) is 9.88 Å². The molecule has 0 N–H and O–H groups in total. The van der Waals surface area contributed by atoms with Crippen LogP contribution in [0.5, 0.6) is 0 Å². The fraction of sp³-hybridized carbons (Fsp3) is 0.650. The van der Waals surface area contributed by atoms with Crippen molar-refractivity contribution < 1.29 is 0 Å². The molecule has 3 aliphatic rings. The van der Waals surface area contributed by atoms with Crippen LogP contribution in [-0.2, 0) is 0 Å². The number of amidine groups is 1. The van der Waals surface area contributed by atoms with E-state index in [1.807, 2.05) is 12.1 Å². The highest BCUT2D eigenvalue weighted by Gasteiger charge is 2.48. The Morgan fingerprint density at radius 1 is 1.15 bits per heavy atom. The molecule has 4 rings (SSSR count). The predicted molar refractivity (Wildman–Crippen MR) is 104 cm³/mol. The van der Waals surface area contributed by atoms with E-state index in [2.05, 4.69) is 26.0 Å². The summed E-state index contributed by atoms with van der Waals surface area (Å²) in [6, 6.07) is 4.35. The molecule has 0 unspecified atom stereocenters. The van der Waals surface area contributed by atoms with Crippen molar-refractivity contribution in [2.75, 3.05) is 24.5 Å². The summed E-state index contributed by atoms with van der Waals surface area (Å²) in [4.78, 5) is 13.6. The van der Waals surface area contributed by atoms with E-state index >= 15 is 0 Å². The van der Waals surface area contributed by atoms with Gasteiger partial charge in [-0.15, -0.1) is 0 Å². The van der Waals surface area contributed by atoms with Gasteiger partial charge in [-0.05, 0) is 44.2 Å². The predicted octanol–water partition coefficient (Wildman–Crippen LogP) is 4.24. The second-order valence-corrected chi connectivity index (χ2v) is 8.25. The molecule has 0 amide bonds. The van der Waals surface area contributed by atoms with Crippen molar-refractivity contribution in [3.63, 3.8) is 0 Å². The Bertz CT molecular complexity index is 711. The summed E-state index contributed by atoms with van der Waals surface area (Å²) in [5, 5.41) is 10.0. The minimum atomic E-state index is 0.0605. The van der Waals surface area contributed by atoms with Gasteiger partial charge in [-0.1, -0.05) is 30.9 Å². The molecule has 1 saturated carbocycles. The van der Waals surface area contributed by atoms with Gasteiger partial charge in [0.2, 0.25) is 6.19 Å². The van der Waals surface area contributed by atoms with Gasteiger partial charge in [0, 0.05) is 37.3 Å². The van der Waals surface area contributed by atoms with Crippen LogP contribution in [0.25, 0.3) is 0 Å². The quantitative estimate of drug-likeness (QED) is 0.729. The summed E-state index contributed by atoms with van der Waals surface area (Å²) >= 11 is 6.33. The number of likely N-dealkylation sites (tertiary alicyclic amines) is 1. The van der Waals surface area contributed by atoms with Crippen LogP contribution in [0, 0.1) is 16.9 Å². The largest absolute Gasteiger partial charge is 0.356 e. The Hall–Kier alpha value is -1.80. The van der Waals surface area contributed by atoms with Crippen LogP contribution in [-0.4, -0.2) is 41.4 Å². The van der Waals surface area contributed by atoms with Gasteiger partial charge in [0.25, 0.3) is 0 Å². The zero-order valence-electron chi connectivity index (χ0n) is 15.2. The molecule has 3 fully saturated rings. The number of halogens is 1. The first-order valence-electron chi connectivity index (χ1n) is 9.83. The standard InChI is InChI=1S/C20H26ClN5/c21-17-7-4-11-23-18(17)25-12-8-20(9-13-25)10-14-26(19(20)24-15-22)16-5-2-1-3-6-16/h4,7,11,16H,1-3,5-6,8-10,12-14H2. The third-order valence-electron chi connectivity index (χ3n) is 6.51. The summed E-state index contributed by atoms with van der Waals surface area (Å²) in [5.41, 5.74) is 0.0605. The van der Waals surface area contributed by atoms with E-state index in [1.54, 1.807) is 6.20 Å². The third-order valence-corrected chi connectivity index (χ3v) is 6.80. The highest BCUT2D eigenvalue weighted by molar-refractivity contribution is 6.32. The second kappa shape index (κ2) is 7.44. The number of aliphatic imine (C=N–C) groups is 1. The van der Waals surface area contributed by atoms with Crippen LogP contribution < -0.4 is 4.90 Å². The Labute approximate surface area is 160 Å². The molecule has 0 atom stereocenters. The van der Waals surface area contributed by atoms with E-state index in [0.717, 1.165) is 50.6 Å². The van der Waals surface area contributed by atoms with Crippen LogP contribution in [0.2, 0.25) is 5.02 Å². The fourth-order valence-electron chi connectivity index (χ4n) is 5.07. The van der Waals surface area contributed by atoms with Gasteiger partial charge >= 0.3 is 0 Å². The molecule has 0 radical (unpaired) electrons. The average molecular weight is 372 g/mol. The van der Waals surface area contributed by atoms with Crippen molar-refractivity contribution in [3.8, 4) is 6.19 Å². The number of rotatable bonds is 2. The maximum absolute atomic E-state index is 9.32. The van der Waals surface area contributed by atoms with Gasteiger partial charge in [-0.25, -0.2) is 4.98 Å². The molecule has 1 spiro atoms. The number of nitrogens with zero attached hydrogens (tertiary/aromatic N) is 5. The first kappa shape index (κ1) is 17.6. The van der Waals surface area contributed by atoms with Gasteiger partial charge in [0.05, 0.1) is 5.02 Å². The number of pyridine rings is 1. The van der Waals surface area contributed by atoms with Crippen molar-refractivity contribution in [3.05, 3.63) is 23.4 Å². The first-order chi connectivity index (χ1) is 12.7. The van der Waals surface area contributed by atoms with Crippen molar-refractivity contribution >= 4 is 23.3 Å². The lowest BCUT2D eigenvalue weighted by Crippen LogP contribution is -2.47. The number of hydrogen-bond donors (Lipinski definition) is 0. The van der Waals surface area contributed by atoms with E-state index in [9.17, 15) is 5.26 Å². The van der Waals surface area contributed by atoms with Gasteiger partial charge in [0.15, 0.2) is 0 Å². The Morgan fingerprint density at radius 2 is 1.88 bits per heavy atom. The van der Waals surface area contributed by atoms with Crippen LogP contribution in [0.4, 0.5) is 5.82 Å². The van der Waals surface area contributed by atoms with Crippen molar-refractivity contribution in [2.45, 2.75) is 57.4 Å². The summed E-state index contributed by atoms with van der Waals surface area (Å²) in [5.74, 6) is 1.95. The topological polar surface area (TPSA) is 55.5 Å². The number of hydrogen-bond acceptors (Lipinski definition) is 4. The lowest BCUT2D eigenvalue weighted by Gasteiger charge is -2.41. The van der Waals surface area contributed by atoms with E-state index in [4.69, 9.17) is 11.6 Å². The van der Waals surface area contributed by atoms with Gasteiger partial charge < -0.3 is 9.80 Å². The van der Waals surface area contributed by atoms with E-state index in [-0.39, 0.29) is 5.41 Å². The molecular weight excluding hydrogens is 346 g/mol. The molecule has 6 heteroatoms. The smallest absolute Gasteiger partial charge is 0.207 e. The maximum Gasteiger partial charge on any atom is 0.207 e. The molecule has 3 heterocycles. The van der Waals surface area contributed by atoms with Crippen molar-refractivity contribution in [1.29, 1.82) is 5.26 Å². The normalized spacial score (nSPS) is 25.0. The molecule has 1 aromatic rings. The van der Waals surface area contributed by atoms with E-state index in [1.165, 1.54) is 32.1 Å². The minimum Gasteiger partial charge on any atom is -0.356 e. The average Bonchev–Trinajstić information content (AvgIpc) is 3.02. The Balaban J connectivity index is 1.51. The molecule has 0 bridgehead atoms. The molecule has 5 nitrogen and oxygen atoms in total. The van der Waals surface area contributed by atoms with Gasteiger partial charge in [-0.2, -0.15) is 10.3 Å². The summed E-state index contributed by atoms with van der Waals surface area (Å²) in [6.45, 7) is 2.88. The zero-order valence-corrected chi connectivity index (χ0v) is 16.0. The SMILES string of the molecule is N#CN=C1N(C2CCCCC2)CCC12CCN(c1ncccc1Cl)CC2. The van der Waals surface area contributed by atoms with E-state index < -0.39 is 0 Å². The zero-order chi connectivity index (χ0) is 18.0. The third kappa shape index (κ3) is 3.16. The van der Waals surface area contributed by atoms with Crippen LogP contribution in [0.15, 0.2) is 23.3 Å². The minimum absolute atomic E-state index is 0.0605. The Kier molecular flexibility index (Phi) is 5.04. The van der Waals surface area contributed by atoms with Crippen molar-refractivity contribution in [2.24, 2.45) is 10.4 Å². The first-order valence-corrected chi connectivity index (χ1v) is 10.2. The molecule has 2 aliphatic heterocycles. The molecule has 2 saturated heterocycles. The number of piperidine rings is 1. The fourth-order valence-corrected chi connectivity index (χ4v) is 5.31. The lowest BCUT2D eigenvalue weighted by atomic mass is 9.76. The molecular formula is C20H26ClN5. The van der Waals surface area contributed by atoms with Crippen LogP contribution >= 0.6 is 11.6 Å². The molecule has 1 aromatic heterocycles. The second-order valence-electron chi connectivity index (χ2n) is 7.85. The van der Waals surface area contributed by atoms with Crippen LogP contribution in [0.3, 0.4) is 0 Å². The Morgan fingerprint density at radius 3 is 2.58 bits per heavy atom.